The van der Waals surface area contributed by atoms with Gasteiger partial charge < -0.3 is 34.8 Å². The Morgan fingerprint density at radius 3 is 2.44 bits per heavy atom. The highest BCUT2D eigenvalue weighted by Crippen LogP contribution is 2.33. The van der Waals surface area contributed by atoms with Gasteiger partial charge in [0.25, 0.3) is 0 Å². The number of benzene rings is 2. The van der Waals surface area contributed by atoms with E-state index in [0.29, 0.717) is 17.9 Å². The van der Waals surface area contributed by atoms with Crippen LogP contribution in [0.5, 0.6) is 11.5 Å². The third kappa shape index (κ3) is 8.22. The van der Waals surface area contributed by atoms with E-state index in [1.54, 1.807) is 13.3 Å². The lowest BCUT2D eigenvalue weighted by Gasteiger charge is -2.34. The second kappa shape index (κ2) is 13.4. The number of halogens is 3. The van der Waals surface area contributed by atoms with Crippen molar-refractivity contribution in [1.29, 1.82) is 0 Å². The SMILES string of the molecule is COc1cc(N2CCN(C)CC2)ccc1Nc1cc(N2CCC[C@H](C(=O)NCc3ccc(OC(F)(F)F)cc3)C2)ccn1. The highest BCUT2D eigenvalue weighted by molar-refractivity contribution is 5.79. The second-order valence-electron chi connectivity index (χ2n) is 10.9. The Kier molecular flexibility index (Phi) is 9.44. The van der Waals surface area contributed by atoms with Crippen LogP contribution in [0.25, 0.3) is 0 Å². The van der Waals surface area contributed by atoms with E-state index in [1.807, 2.05) is 18.2 Å². The number of hydrogen-bond acceptors (Lipinski definition) is 8. The van der Waals surface area contributed by atoms with Crippen LogP contribution >= 0.6 is 0 Å². The third-order valence-corrected chi connectivity index (χ3v) is 7.84. The number of nitrogens with zero attached hydrogens (tertiary/aromatic N) is 4. The van der Waals surface area contributed by atoms with Crippen molar-refractivity contribution in [2.75, 3.05) is 68.5 Å². The number of anilines is 4. The molecule has 0 unspecified atom stereocenters. The fourth-order valence-electron chi connectivity index (χ4n) is 5.44. The average molecular weight is 599 g/mol. The zero-order valence-electron chi connectivity index (χ0n) is 24.4. The van der Waals surface area contributed by atoms with Crippen molar-refractivity contribution in [2.24, 2.45) is 5.92 Å². The summed E-state index contributed by atoms with van der Waals surface area (Å²) in [6.07, 6.45) is -1.38. The maximum Gasteiger partial charge on any atom is 0.573 e. The number of alkyl halides is 3. The Morgan fingerprint density at radius 1 is 0.977 bits per heavy atom. The lowest BCUT2D eigenvalue weighted by Crippen LogP contribution is -2.44. The van der Waals surface area contributed by atoms with Crippen molar-refractivity contribution >= 4 is 28.8 Å². The smallest absolute Gasteiger partial charge is 0.494 e. The van der Waals surface area contributed by atoms with Crippen LogP contribution < -0.4 is 29.9 Å². The number of rotatable bonds is 9. The maximum absolute atomic E-state index is 13.0. The Hall–Kier alpha value is -4.19. The van der Waals surface area contributed by atoms with E-state index in [9.17, 15) is 18.0 Å². The van der Waals surface area contributed by atoms with Crippen molar-refractivity contribution < 1.29 is 27.4 Å². The number of pyridine rings is 1. The number of piperidine rings is 1. The number of piperazine rings is 1. The van der Waals surface area contributed by atoms with E-state index < -0.39 is 6.36 Å². The summed E-state index contributed by atoms with van der Waals surface area (Å²) in [6, 6.07) is 15.6. The van der Waals surface area contributed by atoms with Gasteiger partial charge >= 0.3 is 6.36 Å². The summed E-state index contributed by atoms with van der Waals surface area (Å²) >= 11 is 0. The van der Waals surface area contributed by atoms with Gasteiger partial charge in [-0.25, -0.2) is 4.98 Å². The first-order chi connectivity index (χ1) is 20.7. The molecule has 0 saturated carbocycles. The molecular formula is C31H37F3N6O3. The van der Waals surface area contributed by atoms with E-state index >= 15 is 0 Å². The topological polar surface area (TPSA) is 82.2 Å². The first-order valence-corrected chi connectivity index (χ1v) is 14.4. The van der Waals surface area contributed by atoms with Crippen LogP contribution in [0.4, 0.5) is 36.1 Å². The third-order valence-electron chi connectivity index (χ3n) is 7.84. The summed E-state index contributed by atoms with van der Waals surface area (Å²) in [7, 11) is 3.80. The van der Waals surface area contributed by atoms with E-state index in [2.05, 4.69) is 54.2 Å². The van der Waals surface area contributed by atoms with Crippen molar-refractivity contribution in [1.82, 2.24) is 15.2 Å². The largest absolute Gasteiger partial charge is 0.573 e. The number of aromatic nitrogens is 1. The molecule has 2 aliphatic rings. The molecule has 0 bridgehead atoms. The molecule has 0 radical (unpaired) electrons. The Balaban J connectivity index is 1.18. The summed E-state index contributed by atoms with van der Waals surface area (Å²) in [5, 5.41) is 6.31. The van der Waals surface area contributed by atoms with Gasteiger partial charge in [0.15, 0.2) is 0 Å². The zero-order valence-corrected chi connectivity index (χ0v) is 24.4. The van der Waals surface area contributed by atoms with Crippen LogP contribution in [0.1, 0.15) is 18.4 Å². The summed E-state index contributed by atoms with van der Waals surface area (Å²) in [4.78, 5) is 24.4. The van der Waals surface area contributed by atoms with Gasteiger partial charge in [-0.3, -0.25) is 4.79 Å². The molecule has 43 heavy (non-hydrogen) atoms. The first kappa shape index (κ1) is 30.3. The molecule has 1 amide bonds. The Labute approximate surface area is 249 Å². The van der Waals surface area contributed by atoms with Gasteiger partial charge in [-0.1, -0.05) is 12.1 Å². The Morgan fingerprint density at radius 2 is 1.72 bits per heavy atom. The minimum absolute atomic E-state index is 0.0853. The molecular weight excluding hydrogens is 561 g/mol. The highest BCUT2D eigenvalue weighted by atomic mass is 19.4. The van der Waals surface area contributed by atoms with Gasteiger partial charge in [-0.15, -0.1) is 13.2 Å². The molecule has 0 aliphatic carbocycles. The summed E-state index contributed by atoms with van der Waals surface area (Å²) in [6.45, 7) is 5.58. The van der Waals surface area contributed by atoms with E-state index in [4.69, 9.17) is 4.74 Å². The number of nitrogens with one attached hydrogen (secondary N) is 2. The predicted octanol–water partition coefficient (Wildman–Crippen LogP) is 5.02. The number of hydrogen-bond donors (Lipinski definition) is 2. The lowest BCUT2D eigenvalue weighted by molar-refractivity contribution is -0.274. The number of methoxy groups -OCH3 is 1. The monoisotopic (exact) mass is 598 g/mol. The molecule has 0 spiro atoms. The van der Waals surface area contributed by atoms with Crippen LogP contribution in [0.15, 0.2) is 60.8 Å². The number of carbonyl (C=O) groups excluding carboxylic acids is 1. The fourth-order valence-corrected chi connectivity index (χ4v) is 5.44. The quantitative estimate of drug-likeness (QED) is 0.356. The molecule has 3 heterocycles. The van der Waals surface area contributed by atoms with Gasteiger partial charge in [0, 0.05) is 75.5 Å². The van der Waals surface area contributed by atoms with Gasteiger partial charge in [0.05, 0.1) is 18.7 Å². The van der Waals surface area contributed by atoms with Crippen LogP contribution in [0, 0.1) is 5.92 Å². The van der Waals surface area contributed by atoms with Gasteiger partial charge in [0.2, 0.25) is 5.91 Å². The molecule has 9 nitrogen and oxygen atoms in total. The van der Waals surface area contributed by atoms with Gasteiger partial charge in [-0.05, 0) is 55.8 Å². The van der Waals surface area contributed by atoms with Gasteiger partial charge in [0.1, 0.15) is 17.3 Å². The van der Waals surface area contributed by atoms with Crippen molar-refractivity contribution in [3.63, 3.8) is 0 Å². The van der Waals surface area contributed by atoms with Crippen LogP contribution in [0.2, 0.25) is 0 Å². The predicted molar refractivity (Wildman–Crippen MR) is 160 cm³/mol. The van der Waals surface area contributed by atoms with E-state index in [1.165, 1.54) is 24.3 Å². The standard InChI is InChI=1S/C31H37F3N6O3/c1-38-14-16-39(17-15-38)24-7-10-27(28(18-24)42-2)37-29-19-25(11-12-35-29)40-13-3-4-23(21-40)30(41)36-20-22-5-8-26(9-6-22)43-31(32,33)34/h5-12,18-19,23H,3-4,13-17,20-21H2,1-2H3,(H,35,37)(H,36,41)/t23-/m0/s1. The molecule has 5 rings (SSSR count). The number of carbonyl (C=O) groups is 1. The fraction of sp³-hybridized carbons (Fsp3) is 0.419. The van der Waals surface area contributed by atoms with Crippen LogP contribution in [-0.2, 0) is 11.3 Å². The van der Waals surface area contributed by atoms with Crippen molar-refractivity contribution in [2.45, 2.75) is 25.7 Å². The van der Waals surface area contributed by atoms with Crippen LogP contribution in [0.3, 0.4) is 0 Å². The maximum atomic E-state index is 13.0. The molecule has 12 heteroatoms. The summed E-state index contributed by atoms with van der Waals surface area (Å²) in [5.41, 5.74) is 3.59. The zero-order chi connectivity index (χ0) is 30.4. The summed E-state index contributed by atoms with van der Waals surface area (Å²) in [5.74, 6) is 0.817. The molecule has 2 fully saturated rings. The molecule has 1 aromatic heterocycles. The van der Waals surface area contributed by atoms with Crippen LogP contribution in [-0.4, -0.2) is 75.6 Å². The van der Waals surface area contributed by atoms with Crippen molar-refractivity contribution in [3.05, 3.63) is 66.4 Å². The van der Waals surface area contributed by atoms with Crippen molar-refractivity contribution in [3.8, 4) is 11.5 Å². The minimum atomic E-state index is -4.74. The minimum Gasteiger partial charge on any atom is -0.494 e. The lowest BCUT2D eigenvalue weighted by atomic mass is 9.96. The number of ether oxygens (including phenoxy) is 2. The molecule has 2 aromatic carbocycles. The highest BCUT2D eigenvalue weighted by Gasteiger charge is 2.31. The Bertz CT molecular complexity index is 1380. The molecule has 1 atom stereocenters. The average Bonchev–Trinajstić information content (AvgIpc) is 3.00. The number of likely N-dealkylation sites (N-methyl/N-ethyl adjacent to an activating group) is 1. The van der Waals surface area contributed by atoms with E-state index in [-0.39, 0.29) is 24.1 Å². The molecule has 2 N–H and O–H groups in total. The molecule has 3 aromatic rings. The summed E-state index contributed by atoms with van der Waals surface area (Å²) < 4.78 is 46.8. The molecule has 2 saturated heterocycles. The first-order valence-electron chi connectivity index (χ1n) is 14.4. The number of amides is 1. The molecule has 230 valence electrons. The van der Waals surface area contributed by atoms with Gasteiger partial charge in [-0.2, -0.15) is 0 Å². The molecule has 2 aliphatic heterocycles. The van der Waals surface area contributed by atoms with E-state index in [0.717, 1.165) is 68.4 Å². The second-order valence-corrected chi connectivity index (χ2v) is 10.9. The normalized spacial score (nSPS) is 17.8.